The summed E-state index contributed by atoms with van der Waals surface area (Å²) in [4.78, 5) is 25.8. The summed E-state index contributed by atoms with van der Waals surface area (Å²) < 4.78 is 0. The van der Waals surface area contributed by atoms with E-state index in [1.54, 1.807) is 4.90 Å². The van der Waals surface area contributed by atoms with Gasteiger partial charge in [-0.05, 0) is 37.6 Å². The van der Waals surface area contributed by atoms with Gasteiger partial charge in [-0.1, -0.05) is 26.2 Å². The number of carboxylic acids is 1. The zero-order valence-corrected chi connectivity index (χ0v) is 13.1. The summed E-state index contributed by atoms with van der Waals surface area (Å²) in [6, 6.07) is 0. The van der Waals surface area contributed by atoms with E-state index in [-0.39, 0.29) is 11.3 Å². The Kier molecular flexibility index (Phi) is 4.91. The molecular weight excluding hydrogens is 268 g/mol. The van der Waals surface area contributed by atoms with Crippen molar-refractivity contribution < 1.29 is 14.7 Å². The molecule has 1 unspecified atom stereocenters. The number of aliphatic carboxylic acids is 1. The van der Waals surface area contributed by atoms with Crippen LogP contribution in [0.3, 0.4) is 0 Å². The first kappa shape index (κ1) is 16.3. The zero-order chi connectivity index (χ0) is 15.5. The zero-order valence-electron chi connectivity index (χ0n) is 13.1. The lowest BCUT2D eigenvalue weighted by molar-refractivity contribution is -0.148. The number of nitrogens with zero attached hydrogens (tertiary/aromatic N) is 1. The molecular formula is C16H28N2O3. The molecule has 2 rings (SSSR count). The molecule has 0 radical (unpaired) electrons. The number of hydrogen-bond acceptors (Lipinski definition) is 3. The van der Waals surface area contributed by atoms with Crippen LogP contribution in [-0.4, -0.2) is 41.5 Å². The molecule has 1 saturated carbocycles. The fraction of sp³-hybridized carbons (Fsp3) is 0.875. The molecule has 1 atom stereocenters. The van der Waals surface area contributed by atoms with Crippen molar-refractivity contribution >= 4 is 11.9 Å². The number of nitrogens with two attached hydrogens (primary N) is 1. The van der Waals surface area contributed by atoms with Gasteiger partial charge in [0.1, 0.15) is 0 Å². The monoisotopic (exact) mass is 296 g/mol. The standard InChI is InChI=1S/C16H28N2O3/c1-2-16(14(20)21)8-9-18(12-16)13(19)10-15(11-17)6-4-3-5-7-15/h2-12,17H2,1H3,(H,20,21). The molecule has 0 bridgehead atoms. The second-order valence-corrected chi connectivity index (χ2v) is 6.95. The highest BCUT2D eigenvalue weighted by Crippen LogP contribution is 2.40. The maximum Gasteiger partial charge on any atom is 0.311 e. The molecule has 0 aromatic heterocycles. The summed E-state index contributed by atoms with van der Waals surface area (Å²) in [6.45, 7) is 3.38. The second kappa shape index (κ2) is 6.34. The molecule has 2 aliphatic rings. The van der Waals surface area contributed by atoms with Gasteiger partial charge in [-0.15, -0.1) is 0 Å². The molecule has 120 valence electrons. The lowest BCUT2D eigenvalue weighted by Crippen LogP contribution is -2.41. The average molecular weight is 296 g/mol. The molecule has 21 heavy (non-hydrogen) atoms. The van der Waals surface area contributed by atoms with Crippen LogP contribution >= 0.6 is 0 Å². The van der Waals surface area contributed by atoms with Crippen LogP contribution in [0.2, 0.25) is 0 Å². The SMILES string of the molecule is CCC1(C(=O)O)CCN(C(=O)CC2(CN)CCCCC2)C1. The van der Waals surface area contributed by atoms with Crippen molar-refractivity contribution in [3.05, 3.63) is 0 Å². The van der Waals surface area contributed by atoms with Crippen molar-refractivity contribution in [2.24, 2.45) is 16.6 Å². The van der Waals surface area contributed by atoms with Gasteiger partial charge in [0, 0.05) is 19.5 Å². The molecule has 5 heteroatoms. The summed E-state index contributed by atoms with van der Waals surface area (Å²) in [5, 5.41) is 9.42. The molecule has 0 aromatic carbocycles. The Hall–Kier alpha value is -1.10. The van der Waals surface area contributed by atoms with Crippen LogP contribution in [0.4, 0.5) is 0 Å². The molecule has 1 aliphatic carbocycles. The number of amides is 1. The highest BCUT2D eigenvalue weighted by atomic mass is 16.4. The van der Waals surface area contributed by atoms with Gasteiger partial charge in [0.05, 0.1) is 5.41 Å². The predicted octanol–water partition coefficient (Wildman–Crippen LogP) is 2.00. The normalized spacial score (nSPS) is 28.6. The van der Waals surface area contributed by atoms with Crippen LogP contribution in [0.25, 0.3) is 0 Å². The molecule has 5 nitrogen and oxygen atoms in total. The lowest BCUT2D eigenvalue weighted by atomic mass is 9.71. The maximum atomic E-state index is 12.6. The Morgan fingerprint density at radius 1 is 1.19 bits per heavy atom. The van der Waals surface area contributed by atoms with Crippen LogP contribution < -0.4 is 5.73 Å². The van der Waals surface area contributed by atoms with E-state index >= 15 is 0 Å². The Morgan fingerprint density at radius 2 is 1.86 bits per heavy atom. The Bertz CT molecular complexity index is 404. The van der Waals surface area contributed by atoms with Crippen LogP contribution in [-0.2, 0) is 9.59 Å². The molecule has 3 N–H and O–H groups in total. The van der Waals surface area contributed by atoms with Gasteiger partial charge in [-0.3, -0.25) is 9.59 Å². The molecule has 1 amide bonds. The third-order valence-electron chi connectivity index (χ3n) is 5.71. The number of likely N-dealkylation sites (tertiary alicyclic amines) is 1. The number of rotatable bonds is 5. The van der Waals surface area contributed by atoms with Crippen LogP contribution in [0.5, 0.6) is 0 Å². The van der Waals surface area contributed by atoms with Crippen molar-refractivity contribution in [1.29, 1.82) is 0 Å². The molecule has 1 saturated heterocycles. The van der Waals surface area contributed by atoms with Gasteiger partial charge in [0.2, 0.25) is 5.91 Å². The van der Waals surface area contributed by atoms with E-state index in [1.807, 2.05) is 6.92 Å². The Balaban J connectivity index is 1.99. The first-order chi connectivity index (χ1) is 9.97. The van der Waals surface area contributed by atoms with Crippen LogP contribution in [0.15, 0.2) is 0 Å². The summed E-state index contributed by atoms with van der Waals surface area (Å²) in [5.41, 5.74) is 5.16. The first-order valence-corrected chi connectivity index (χ1v) is 8.18. The van der Waals surface area contributed by atoms with Crippen molar-refractivity contribution in [3.8, 4) is 0 Å². The minimum Gasteiger partial charge on any atom is -0.481 e. The first-order valence-electron chi connectivity index (χ1n) is 8.18. The predicted molar refractivity (Wildman–Crippen MR) is 80.7 cm³/mol. The van der Waals surface area contributed by atoms with E-state index in [4.69, 9.17) is 5.73 Å². The van der Waals surface area contributed by atoms with E-state index in [0.717, 1.165) is 25.7 Å². The van der Waals surface area contributed by atoms with Crippen molar-refractivity contribution in [3.63, 3.8) is 0 Å². The van der Waals surface area contributed by atoms with E-state index in [9.17, 15) is 14.7 Å². The maximum absolute atomic E-state index is 12.6. The minimum absolute atomic E-state index is 0.0456. The van der Waals surface area contributed by atoms with Crippen molar-refractivity contribution in [1.82, 2.24) is 4.90 Å². The highest BCUT2D eigenvalue weighted by molar-refractivity contribution is 5.81. The fourth-order valence-electron chi connectivity index (χ4n) is 3.89. The van der Waals surface area contributed by atoms with Gasteiger partial charge in [-0.25, -0.2) is 0 Å². The highest BCUT2D eigenvalue weighted by Gasteiger charge is 2.45. The summed E-state index contributed by atoms with van der Waals surface area (Å²) in [7, 11) is 0. The molecule has 2 fully saturated rings. The van der Waals surface area contributed by atoms with Crippen LogP contribution in [0.1, 0.15) is 58.3 Å². The Morgan fingerprint density at radius 3 is 2.33 bits per heavy atom. The summed E-state index contributed by atoms with van der Waals surface area (Å²) in [6.07, 6.45) is 7.23. The third-order valence-corrected chi connectivity index (χ3v) is 5.71. The van der Waals surface area contributed by atoms with Gasteiger partial charge in [0.15, 0.2) is 0 Å². The minimum atomic E-state index is -0.772. The average Bonchev–Trinajstić information content (AvgIpc) is 2.94. The van der Waals surface area contributed by atoms with E-state index in [0.29, 0.717) is 38.9 Å². The van der Waals surface area contributed by atoms with E-state index < -0.39 is 11.4 Å². The fourth-order valence-corrected chi connectivity index (χ4v) is 3.89. The topological polar surface area (TPSA) is 83.6 Å². The van der Waals surface area contributed by atoms with Gasteiger partial charge < -0.3 is 15.7 Å². The third kappa shape index (κ3) is 3.23. The smallest absolute Gasteiger partial charge is 0.311 e. The van der Waals surface area contributed by atoms with E-state index in [1.165, 1.54) is 6.42 Å². The summed E-state index contributed by atoms with van der Waals surface area (Å²) >= 11 is 0. The Labute approximate surface area is 126 Å². The molecule has 0 spiro atoms. The van der Waals surface area contributed by atoms with Crippen molar-refractivity contribution in [2.45, 2.75) is 58.3 Å². The van der Waals surface area contributed by atoms with Gasteiger partial charge in [-0.2, -0.15) is 0 Å². The molecule has 0 aromatic rings. The number of hydrogen-bond donors (Lipinski definition) is 2. The van der Waals surface area contributed by atoms with Crippen molar-refractivity contribution in [2.75, 3.05) is 19.6 Å². The second-order valence-electron chi connectivity index (χ2n) is 6.95. The van der Waals surface area contributed by atoms with Crippen LogP contribution in [0, 0.1) is 10.8 Å². The summed E-state index contributed by atoms with van der Waals surface area (Å²) in [5.74, 6) is -0.676. The molecule has 1 aliphatic heterocycles. The van der Waals surface area contributed by atoms with Gasteiger partial charge in [0.25, 0.3) is 0 Å². The number of carbonyl (C=O) groups is 2. The number of carbonyl (C=O) groups excluding carboxylic acids is 1. The van der Waals surface area contributed by atoms with Gasteiger partial charge >= 0.3 is 5.97 Å². The quantitative estimate of drug-likeness (QED) is 0.812. The number of carboxylic acid groups (broad SMARTS) is 1. The largest absolute Gasteiger partial charge is 0.481 e. The van der Waals surface area contributed by atoms with E-state index in [2.05, 4.69) is 0 Å². The molecule has 1 heterocycles. The lowest BCUT2D eigenvalue weighted by Gasteiger charge is -2.37.